The monoisotopic (exact) mass is 501 g/mol. The second kappa shape index (κ2) is 9.83. The van der Waals surface area contributed by atoms with Gasteiger partial charge < -0.3 is 20.4 Å². The number of rotatable bonds is 5. The van der Waals surface area contributed by atoms with Crippen molar-refractivity contribution < 1.29 is 22.9 Å². The topological polar surface area (TPSA) is 101 Å². The van der Waals surface area contributed by atoms with Gasteiger partial charge >= 0.3 is 6.18 Å². The van der Waals surface area contributed by atoms with Gasteiger partial charge in [-0.3, -0.25) is 0 Å². The SMILES string of the molecule is CC(C)(C)c1ccc(CCc2ccc(-c3noc([C@@H]4CCCN4/C(N)=N/O)n3)cc2C(F)(F)F)cc1. The average Bonchev–Trinajstić information content (AvgIpc) is 3.51. The molecule has 0 unspecified atom stereocenters. The van der Waals surface area contributed by atoms with Crippen LogP contribution in [0.4, 0.5) is 13.2 Å². The lowest BCUT2D eigenvalue weighted by atomic mass is 9.86. The van der Waals surface area contributed by atoms with Crippen LogP contribution in [0.3, 0.4) is 0 Å². The van der Waals surface area contributed by atoms with E-state index in [9.17, 15) is 13.2 Å². The van der Waals surface area contributed by atoms with Crippen LogP contribution in [0.5, 0.6) is 0 Å². The zero-order valence-electron chi connectivity index (χ0n) is 20.5. The van der Waals surface area contributed by atoms with Crippen molar-refractivity contribution >= 4 is 5.96 Å². The predicted octanol–water partition coefficient (Wildman–Crippen LogP) is 5.68. The summed E-state index contributed by atoms with van der Waals surface area (Å²) < 4.78 is 47.2. The van der Waals surface area contributed by atoms with E-state index in [1.54, 1.807) is 11.0 Å². The first-order valence-electron chi connectivity index (χ1n) is 11.8. The lowest BCUT2D eigenvalue weighted by molar-refractivity contribution is -0.138. The van der Waals surface area contributed by atoms with Gasteiger partial charge in [-0.2, -0.15) is 18.2 Å². The summed E-state index contributed by atoms with van der Waals surface area (Å²) in [6, 6.07) is 11.8. The molecule has 1 aliphatic rings. The Labute approximate surface area is 207 Å². The fourth-order valence-corrected chi connectivity index (χ4v) is 4.49. The molecule has 7 nitrogen and oxygen atoms in total. The van der Waals surface area contributed by atoms with Crippen molar-refractivity contribution in [2.75, 3.05) is 6.54 Å². The zero-order chi connectivity index (χ0) is 26.1. The molecule has 3 N–H and O–H groups in total. The Hall–Kier alpha value is -3.56. The number of guanidine groups is 1. The molecule has 0 spiro atoms. The molecule has 1 fully saturated rings. The molecule has 0 aliphatic carbocycles. The number of hydrogen-bond donors (Lipinski definition) is 2. The van der Waals surface area contributed by atoms with Crippen LogP contribution in [0.25, 0.3) is 11.4 Å². The molecule has 1 aliphatic heterocycles. The maximum absolute atomic E-state index is 14.0. The van der Waals surface area contributed by atoms with Crippen molar-refractivity contribution in [3.63, 3.8) is 0 Å². The first-order valence-corrected chi connectivity index (χ1v) is 11.8. The second-order valence-electron chi connectivity index (χ2n) is 10.1. The van der Waals surface area contributed by atoms with Gasteiger partial charge in [0.25, 0.3) is 0 Å². The number of nitrogens with zero attached hydrogens (tertiary/aromatic N) is 4. The number of aromatic nitrogens is 2. The Morgan fingerprint density at radius 1 is 1.14 bits per heavy atom. The molecule has 0 saturated carbocycles. The summed E-state index contributed by atoms with van der Waals surface area (Å²) in [4.78, 5) is 5.95. The van der Waals surface area contributed by atoms with Crippen molar-refractivity contribution in [2.24, 2.45) is 10.9 Å². The fraction of sp³-hybridized carbons (Fsp3) is 0.423. The van der Waals surface area contributed by atoms with Gasteiger partial charge in [0, 0.05) is 12.1 Å². The smallest absolute Gasteiger partial charge is 0.408 e. The standard InChI is InChI=1S/C26H30F3N5O2/c1-25(2,3)19-12-7-16(8-13-19)6-9-17-10-11-18(15-20(17)26(27,28)29)22-31-23(36-33-22)21-5-4-14-34(21)24(30)32-35/h7-8,10-13,15,21,35H,4-6,9,14H2,1-3H3,(H2,30,32)/t21-/m0/s1. The molecule has 192 valence electrons. The molecule has 4 rings (SSSR count). The highest BCUT2D eigenvalue weighted by Crippen LogP contribution is 2.36. The Morgan fingerprint density at radius 3 is 2.50 bits per heavy atom. The maximum Gasteiger partial charge on any atom is 0.416 e. The molecule has 2 aromatic carbocycles. The summed E-state index contributed by atoms with van der Waals surface area (Å²) in [5.74, 6) is 0.200. The average molecular weight is 502 g/mol. The number of likely N-dealkylation sites (tertiary alicyclic amines) is 1. The number of halogens is 3. The lowest BCUT2D eigenvalue weighted by Crippen LogP contribution is -2.36. The van der Waals surface area contributed by atoms with E-state index in [1.165, 1.54) is 11.6 Å². The van der Waals surface area contributed by atoms with Gasteiger partial charge in [-0.15, -0.1) is 0 Å². The second-order valence-corrected chi connectivity index (χ2v) is 10.1. The third kappa shape index (κ3) is 5.47. The van der Waals surface area contributed by atoms with Crippen LogP contribution in [0, 0.1) is 0 Å². The molecule has 0 radical (unpaired) electrons. The highest BCUT2D eigenvalue weighted by Gasteiger charge is 2.35. The molecule has 0 amide bonds. The van der Waals surface area contributed by atoms with Crippen LogP contribution in [0.1, 0.15) is 67.8 Å². The van der Waals surface area contributed by atoms with Gasteiger partial charge in [0.2, 0.25) is 17.7 Å². The number of nitrogens with two attached hydrogens (primary N) is 1. The summed E-state index contributed by atoms with van der Waals surface area (Å²) >= 11 is 0. The number of alkyl halides is 3. The van der Waals surface area contributed by atoms with Gasteiger partial charge in [0.05, 0.1) is 5.56 Å². The molecule has 1 atom stereocenters. The first-order chi connectivity index (χ1) is 17.0. The number of benzene rings is 2. The lowest BCUT2D eigenvalue weighted by Gasteiger charge is -2.21. The van der Waals surface area contributed by atoms with E-state index >= 15 is 0 Å². The van der Waals surface area contributed by atoms with Gasteiger partial charge in [-0.1, -0.05) is 67.5 Å². The van der Waals surface area contributed by atoms with E-state index in [2.05, 4.69) is 36.1 Å². The van der Waals surface area contributed by atoms with Crippen LogP contribution in [-0.2, 0) is 24.4 Å². The van der Waals surface area contributed by atoms with Crippen molar-refractivity contribution in [1.29, 1.82) is 0 Å². The Morgan fingerprint density at radius 2 is 1.86 bits per heavy atom. The quantitative estimate of drug-likeness (QED) is 0.202. The normalized spacial score (nSPS) is 17.1. The van der Waals surface area contributed by atoms with Crippen LogP contribution in [0.2, 0.25) is 0 Å². The van der Waals surface area contributed by atoms with E-state index < -0.39 is 17.8 Å². The first kappa shape index (κ1) is 25.5. The van der Waals surface area contributed by atoms with E-state index in [1.807, 2.05) is 24.3 Å². The van der Waals surface area contributed by atoms with Crippen LogP contribution < -0.4 is 5.73 Å². The third-order valence-electron chi connectivity index (χ3n) is 6.55. The Bertz CT molecular complexity index is 1230. The molecule has 0 bridgehead atoms. The zero-order valence-corrected chi connectivity index (χ0v) is 20.5. The minimum absolute atomic E-state index is 0.0158. The highest BCUT2D eigenvalue weighted by molar-refractivity contribution is 5.78. The summed E-state index contributed by atoms with van der Waals surface area (Å²) in [7, 11) is 0. The molecule has 10 heteroatoms. The largest absolute Gasteiger partial charge is 0.416 e. The number of hydrogen-bond acceptors (Lipinski definition) is 5. The van der Waals surface area contributed by atoms with E-state index in [-0.39, 0.29) is 40.6 Å². The van der Waals surface area contributed by atoms with E-state index in [4.69, 9.17) is 15.5 Å². The third-order valence-corrected chi connectivity index (χ3v) is 6.55. The molecule has 2 heterocycles. The van der Waals surface area contributed by atoms with E-state index in [0.717, 1.165) is 18.1 Å². The highest BCUT2D eigenvalue weighted by atomic mass is 19.4. The Kier molecular flexibility index (Phi) is 6.97. The summed E-state index contributed by atoms with van der Waals surface area (Å²) in [5, 5.41) is 15.9. The van der Waals surface area contributed by atoms with Crippen LogP contribution >= 0.6 is 0 Å². The van der Waals surface area contributed by atoms with Gasteiger partial charge in [-0.25, -0.2) is 0 Å². The van der Waals surface area contributed by atoms with Crippen molar-refractivity contribution in [3.05, 3.63) is 70.6 Å². The molecule has 36 heavy (non-hydrogen) atoms. The molecule has 3 aromatic rings. The molecule has 1 saturated heterocycles. The summed E-state index contributed by atoms with van der Waals surface area (Å²) in [6.45, 7) is 6.90. The molecular weight excluding hydrogens is 471 g/mol. The van der Waals surface area contributed by atoms with Gasteiger partial charge in [0.15, 0.2) is 0 Å². The van der Waals surface area contributed by atoms with Gasteiger partial charge in [0.1, 0.15) is 6.04 Å². The fourth-order valence-electron chi connectivity index (χ4n) is 4.49. The van der Waals surface area contributed by atoms with Gasteiger partial charge in [-0.05, 0) is 53.9 Å². The molecule has 1 aromatic heterocycles. The number of aryl methyl sites for hydroxylation is 2. The Balaban J connectivity index is 1.55. The van der Waals surface area contributed by atoms with E-state index in [0.29, 0.717) is 19.4 Å². The molecular formula is C26H30F3N5O2. The van der Waals surface area contributed by atoms with Crippen LogP contribution in [0.15, 0.2) is 52.1 Å². The number of oxime groups is 1. The van der Waals surface area contributed by atoms with Crippen LogP contribution in [-0.4, -0.2) is 32.8 Å². The predicted molar refractivity (Wildman–Crippen MR) is 129 cm³/mol. The summed E-state index contributed by atoms with van der Waals surface area (Å²) in [6.07, 6.45) is -2.38. The summed E-state index contributed by atoms with van der Waals surface area (Å²) in [5.41, 5.74) is 7.60. The minimum Gasteiger partial charge on any atom is -0.408 e. The van der Waals surface area contributed by atoms with Crippen molar-refractivity contribution in [2.45, 2.75) is 64.1 Å². The van der Waals surface area contributed by atoms with Crippen molar-refractivity contribution in [3.8, 4) is 11.4 Å². The minimum atomic E-state index is -4.53. The maximum atomic E-state index is 14.0. The van der Waals surface area contributed by atoms with Crippen molar-refractivity contribution in [1.82, 2.24) is 15.0 Å².